The predicted molar refractivity (Wildman–Crippen MR) is 77.7 cm³/mol. The van der Waals surface area contributed by atoms with Gasteiger partial charge in [0.15, 0.2) is 11.5 Å². The minimum absolute atomic E-state index is 0.0115. The Hall–Kier alpha value is -2.56. The first-order valence-corrected chi connectivity index (χ1v) is 6.22. The second-order valence-corrected chi connectivity index (χ2v) is 4.09. The number of ether oxygens (including phenoxy) is 1. The van der Waals surface area contributed by atoms with Crippen molar-refractivity contribution in [3.8, 4) is 0 Å². The predicted octanol–water partition coefficient (Wildman–Crippen LogP) is 2.77. The highest BCUT2D eigenvalue weighted by Crippen LogP contribution is 2.37. The van der Waals surface area contributed by atoms with Crippen LogP contribution in [0.25, 0.3) is 11.5 Å². The van der Waals surface area contributed by atoms with Gasteiger partial charge < -0.3 is 9.84 Å². The number of aliphatic hydroxyl groups excluding tert-OH is 1. The SMILES string of the molecule is C/C=N\N1C(C(=O)OC)=C(O)c2ccccc2/C1=C\C. The van der Waals surface area contributed by atoms with Gasteiger partial charge in [-0.25, -0.2) is 9.80 Å². The lowest BCUT2D eigenvalue weighted by atomic mass is 9.97. The summed E-state index contributed by atoms with van der Waals surface area (Å²) in [6.07, 6.45) is 3.38. The Bertz CT molecular complexity index is 630. The van der Waals surface area contributed by atoms with Gasteiger partial charge >= 0.3 is 5.97 Å². The van der Waals surface area contributed by atoms with Crippen LogP contribution < -0.4 is 0 Å². The third-order valence-corrected chi connectivity index (χ3v) is 3.01. The number of hydrazone groups is 1. The van der Waals surface area contributed by atoms with Crippen LogP contribution in [-0.2, 0) is 9.53 Å². The molecule has 1 aromatic rings. The summed E-state index contributed by atoms with van der Waals surface area (Å²) in [6.45, 7) is 3.58. The molecule has 0 amide bonds. The highest BCUT2D eigenvalue weighted by Gasteiger charge is 2.33. The molecule has 1 N–H and O–H groups in total. The fourth-order valence-electron chi connectivity index (χ4n) is 2.17. The van der Waals surface area contributed by atoms with Crippen molar-refractivity contribution in [2.75, 3.05) is 7.11 Å². The van der Waals surface area contributed by atoms with E-state index in [4.69, 9.17) is 4.74 Å². The molecule has 0 radical (unpaired) electrons. The van der Waals surface area contributed by atoms with Crippen LogP contribution in [0.3, 0.4) is 0 Å². The maximum absolute atomic E-state index is 12.0. The summed E-state index contributed by atoms with van der Waals surface area (Å²) >= 11 is 0. The summed E-state index contributed by atoms with van der Waals surface area (Å²) in [5.41, 5.74) is 2.13. The molecular weight excluding hydrogens is 256 g/mol. The van der Waals surface area contributed by atoms with Crippen molar-refractivity contribution in [2.45, 2.75) is 13.8 Å². The zero-order valence-electron chi connectivity index (χ0n) is 11.6. The third-order valence-electron chi connectivity index (χ3n) is 3.01. The van der Waals surface area contributed by atoms with E-state index in [-0.39, 0.29) is 11.5 Å². The monoisotopic (exact) mass is 272 g/mol. The molecule has 0 atom stereocenters. The lowest BCUT2D eigenvalue weighted by molar-refractivity contribution is -0.137. The number of allylic oxidation sites excluding steroid dienone is 1. The molecule has 0 saturated carbocycles. The van der Waals surface area contributed by atoms with Crippen molar-refractivity contribution in [1.82, 2.24) is 5.01 Å². The van der Waals surface area contributed by atoms with Gasteiger partial charge in [0.05, 0.1) is 12.8 Å². The average molecular weight is 272 g/mol. The van der Waals surface area contributed by atoms with Crippen molar-refractivity contribution in [3.05, 3.63) is 47.2 Å². The summed E-state index contributed by atoms with van der Waals surface area (Å²) < 4.78 is 4.74. The summed E-state index contributed by atoms with van der Waals surface area (Å²) in [7, 11) is 1.27. The number of esters is 1. The van der Waals surface area contributed by atoms with Crippen molar-refractivity contribution in [2.24, 2.45) is 5.10 Å². The Kier molecular flexibility index (Phi) is 3.89. The Morgan fingerprint density at radius 3 is 2.50 bits per heavy atom. The molecule has 104 valence electrons. The number of aliphatic hydroxyl groups is 1. The molecule has 0 spiro atoms. The Balaban J connectivity index is 2.76. The molecule has 1 heterocycles. The van der Waals surface area contributed by atoms with Crippen LogP contribution in [0.2, 0.25) is 0 Å². The second kappa shape index (κ2) is 5.61. The van der Waals surface area contributed by atoms with E-state index in [1.807, 2.05) is 25.1 Å². The molecule has 2 rings (SSSR count). The molecule has 0 bridgehead atoms. The van der Waals surface area contributed by atoms with Gasteiger partial charge in [0.2, 0.25) is 0 Å². The van der Waals surface area contributed by atoms with Crippen LogP contribution in [0.4, 0.5) is 0 Å². The zero-order valence-corrected chi connectivity index (χ0v) is 11.6. The number of methoxy groups -OCH3 is 1. The van der Waals surface area contributed by atoms with Gasteiger partial charge in [-0.3, -0.25) is 0 Å². The first-order chi connectivity index (χ1) is 9.65. The van der Waals surface area contributed by atoms with Crippen LogP contribution in [-0.4, -0.2) is 29.4 Å². The number of benzene rings is 1. The van der Waals surface area contributed by atoms with E-state index in [0.717, 1.165) is 11.3 Å². The smallest absolute Gasteiger partial charge is 0.360 e. The van der Waals surface area contributed by atoms with Gasteiger partial charge in [0.25, 0.3) is 0 Å². The zero-order chi connectivity index (χ0) is 14.7. The van der Waals surface area contributed by atoms with E-state index in [9.17, 15) is 9.90 Å². The molecule has 1 aromatic carbocycles. The minimum atomic E-state index is -0.637. The summed E-state index contributed by atoms with van der Waals surface area (Å²) in [5, 5.41) is 15.9. The quantitative estimate of drug-likeness (QED) is 0.664. The third kappa shape index (κ3) is 2.07. The second-order valence-electron chi connectivity index (χ2n) is 4.09. The maximum atomic E-state index is 12.0. The number of hydrogen-bond donors (Lipinski definition) is 1. The number of rotatable bonds is 2. The molecule has 1 aliphatic rings. The molecule has 0 fully saturated rings. The summed E-state index contributed by atoms with van der Waals surface area (Å²) in [5.74, 6) is -0.773. The number of hydrogen-bond acceptors (Lipinski definition) is 5. The van der Waals surface area contributed by atoms with Crippen molar-refractivity contribution in [1.29, 1.82) is 0 Å². The number of carbonyl (C=O) groups is 1. The molecule has 5 nitrogen and oxygen atoms in total. The summed E-state index contributed by atoms with van der Waals surface area (Å²) in [4.78, 5) is 12.0. The number of fused-ring (bicyclic) bond motifs is 1. The van der Waals surface area contributed by atoms with Crippen LogP contribution in [0.1, 0.15) is 25.0 Å². The highest BCUT2D eigenvalue weighted by molar-refractivity contribution is 6.00. The van der Waals surface area contributed by atoms with Crippen molar-refractivity contribution in [3.63, 3.8) is 0 Å². The van der Waals surface area contributed by atoms with Gasteiger partial charge in [-0.15, -0.1) is 0 Å². The van der Waals surface area contributed by atoms with Crippen LogP contribution in [0.15, 0.2) is 41.1 Å². The topological polar surface area (TPSA) is 62.1 Å². The van der Waals surface area contributed by atoms with E-state index in [1.54, 1.807) is 25.3 Å². The Morgan fingerprint density at radius 1 is 1.30 bits per heavy atom. The molecule has 1 aliphatic heterocycles. The van der Waals surface area contributed by atoms with Gasteiger partial charge in [0.1, 0.15) is 0 Å². The van der Waals surface area contributed by atoms with Crippen molar-refractivity contribution >= 4 is 23.6 Å². The number of carbonyl (C=O) groups excluding carboxylic acids is 1. The lowest BCUT2D eigenvalue weighted by Gasteiger charge is -2.29. The maximum Gasteiger partial charge on any atom is 0.360 e. The standard InChI is InChI=1S/C15H16N2O3/c1-4-12-10-8-6-7-9-11(10)14(18)13(15(19)20-3)17(12)16-5-2/h4-9,18H,1-3H3/b12-4+,16-5-. The van der Waals surface area contributed by atoms with Gasteiger partial charge in [-0.2, -0.15) is 5.10 Å². The first kappa shape index (κ1) is 13.9. The van der Waals surface area contributed by atoms with E-state index < -0.39 is 5.97 Å². The normalized spacial score (nSPS) is 16.8. The number of nitrogens with zero attached hydrogens (tertiary/aromatic N) is 2. The largest absolute Gasteiger partial charge is 0.505 e. The Labute approximate surface area is 117 Å². The Morgan fingerprint density at radius 2 is 1.95 bits per heavy atom. The fraction of sp³-hybridized carbons (Fsp3) is 0.200. The molecule has 0 aromatic heterocycles. The molecule has 20 heavy (non-hydrogen) atoms. The van der Waals surface area contributed by atoms with E-state index in [2.05, 4.69) is 5.10 Å². The molecule has 5 heteroatoms. The van der Waals surface area contributed by atoms with Gasteiger partial charge in [-0.05, 0) is 13.8 Å². The first-order valence-electron chi connectivity index (χ1n) is 6.22. The highest BCUT2D eigenvalue weighted by atomic mass is 16.5. The fourth-order valence-corrected chi connectivity index (χ4v) is 2.17. The van der Waals surface area contributed by atoms with Gasteiger partial charge in [0, 0.05) is 17.3 Å². The minimum Gasteiger partial charge on any atom is -0.505 e. The molecule has 0 saturated heterocycles. The lowest BCUT2D eigenvalue weighted by Crippen LogP contribution is -2.28. The van der Waals surface area contributed by atoms with Gasteiger partial charge in [-0.1, -0.05) is 30.3 Å². The van der Waals surface area contributed by atoms with E-state index in [0.29, 0.717) is 5.56 Å². The molecule has 0 aliphatic carbocycles. The summed E-state index contributed by atoms with van der Waals surface area (Å²) in [6, 6.07) is 7.29. The van der Waals surface area contributed by atoms with E-state index in [1.165, 1.54) is 12.1 Å². The average Bonchev–Trinajstić information content (AvgIpc) is 2.48. The van der Waals surface area contributed by atoms with Crippen LogP contribution in [0.5, 0.6) is 0 Å². The van der Waals surface area contributed by atoms with Crippen LogP contribution >= 0.6 is 0 Å². The van der Waals surface area contributed by atoms with Crippen LogP contribution in [0, 0.1) is 0 Å². The van der Waals surface area contributed by atoms with E-state index >= 15 is 0 Å². The molecule has 0 unspecified atom stereocenters. The van der Waals surface area contributed by atoms with Crippen molar-refractivity contribution < 1.29 is 14.6 Å². The molecular formula is C15H16N2O3.